The Bertz CT molecular complexity index is 855. The van der Waals surface area contributed by atoms with Gasteiger partial charge in [-0.05, 0) is 80.0 Å². The van der Waals surface area contributed by atoms with Gasteiger partial charge in [-0.3, -0.25) is 9.59 Å². The summed E-state index contributed by atoms with van der Waals surface area (Å²) in [5.74, 6) is 3.54. The lowest BCUT2D eigenvalue weighted by Crippen LogP contribution is -2.49. The van der Waals surface area contributed by atoms with Crippen LogP contribution in [0.25, 0.3) is 0 Å². The number of nitrogens with zero attached hydrogens (tertiary/aromatic N) is 2. The number of ketones is 1. The topological polar surface area (TPSA) is 64.0 Å². The average molecular weight is 363 g/mol. The van der Waals surface area contributed by atoms with Gasteiger partial charge in [0.2, 0.25) is 11.7 Å². The van der Waals surface area contributed by atoms with Gasteiger partial charge in [0.25, 0.3) is 0 Å². The highest BCUT2D eigenvalue weighted by Crippen LogP contribution is 2.56. The number of nitrogens with one attached hydrogen (secondary N) is 1. The summed E-state index contributed by atoms with van der Waals surface area (Å²) >= 11 is 0. The van der Waals surface area contributed by atoms with Crippen LogP contribution in [-0.2, 0) is 11.8 Å². The monoisotopic (exact) mass is 363 g/mol. The zero-order chi connectivity index (χ0) is 18.5. The molecule has 5 heteroatoms. The average Bonchev–Trinajstić information content (AvgIpc) is 3.07. The van der Waals surface area contributed by atoms with E-state index in [4.69, 9.17) is 0 Å². The first-order valence-electron chi connectivity index (χ1n) is 10.0. The van der Waals surface area contributed by atoms with Crippen LogP contribution in [0.4, 0.5) is 5.69 Å². The van der Waals surface area contributed by atoms with Gasteiger partial charge in [0.1, 0.15) is 0 Å². The number of anilines is 1. The van der Waals surface area contributed by atoms with Crippen molar-refractivity contribution in [2.24, 2.45) is 36.6 Å². The summed E-state index contributed by atoms with van der Waals surface area (Å²) in [6.07, 6.45) is 9.72. The minimum absolute atomic E-state index is 0.110. The Morgan fingerprint density at radius 1 is 1.00 bits per heavy atom. The fourth-order valence-corrected chi connectivity index (χ4v) is 6.00. The molecular weight excluding hydrogens is 338 g/mol. The molecule has 4 aliphatic rings. The standard InChI is InChI=1S/C22H25N3O2/c1-25-7-6-23-21(25)20(26)15-2-4-18(5-3-15)24-22(27)19-16-9-13-8-14(11-16)12-17(19)10-13/h2-7,13-14,16-17,19H,8-12H2,1H3,(H,24,27). The number of imidazole rings is 1. The van der Waals surface area contributed by atoms with Crippen LogP contribution in [0.15, 0.2) is 36.7 Å². The Morgan fingerprint density at radius 2 is 1.63 bits per heavy atom. The van der Waals surface area contributed by atoms with Crippen molar-refractivity contribution in [1.82, 2.24) is 9.55 Å². The van der Waals surface area contributed by atoms with E-state index in [9.17, 15) is 9.59 Å². The maximum Gasteiger partial charge on any atom is 0.228 e. The summed E-state index contributed by atoms with van der Waals surface area (Å²) in [5, 5.41) is 3.11. The van der Waals surface area contributed by atoms with Gasteiger partial charge in [-0.25, -0.2) is 4.98 Å². The molecule has 0 radical (unpaired) electrons. The van der Waals surface area contributed by atoms with Gasteiger partial charge in [-0.15, -0.1) is 0 Å². The van der Waals surface area contributed by atoms with Crippen molar-refractivity contribution in [3.05, 3.63) is 48.0 Å². The number of benzene rings is 1. The maximum atomic E-state index is 13.0. The Kier molecular flexibility index (Phi) is 3.92. The largest absolute Gasteiger partial charge is 0.331 e. The molecule has 1 amide bonds. The van der Waals surface area contributed by atoms with Gasteiger partial charge in [0.05, 0.1) is 0 Å². The highest BCUT2D eigenvalue weighted by Gasteiger charge is 2.50. The van der Waals surface area contributed by atoms with Gasteiger partial charge in [0, 0.05) is 36.6 Å². The number of aryl methyl sites for hydroxylation is 1. The van der Waals surface area contributed by atoms with Gasteiger partial charge in [0.15, 0.2) is 5.82 Å². The second-order valence-corrected chi connectivity index (χ2v) is 8.71. The smallest absolute Gasteiger partial charge is 0.228 e. The first kappa shape index (κ1) is 16.7. The van der Waals surface area contributed by atoms with E-state index in [1.807, 2.05) is 12.1 Å². The Morgan fingerprint density at radius 3 is 2.19 bits per heavy atom. The molecule has 6 rings (SSSR count). The molecule has 140 valence electrons. The molecule has 5 nitrogen and oxygen atoms in total. The maximum absolute atomic E-state index is 13.0. The van der Waals surface area contributed by atoms with Crippen molar-refractivity contribution in [1.29, 1.82) is 0 Å². The molecule has 4 bridgehead atoms. The minimum Gasteiger partial charge on any atom is -0.331 e. The zero-order valence-corrected chi connectivity index (χ0v) is 15.6. The second-order valence-electron chi connectivity index (χ2n) is 8.71. The number of hydrogen-bond donors (Lipinski definition) is 1. The first-order chi connectivity index (χ1) is 13.1. The van der Waals surface area contributed by atoms with Crippen molar-refractivity contribution in [3.63, 3.8) is 0 Å². The van der Waals surface area contributed by atoms with Gasteiger partial charge in [-0.1, -0.05) is 0 Å². The number of carbonyl (C=O) groups is 2. The molecule has 27 heavy (non-hydrogen) atoms. The van der Waals surface area contributed by atoms with E-state index >= 15 is 0 Å². The quantitative estimate of drug-likeness (QED) is 0.843. The lowest BCUT2D eigenvalue weighted by atomic mass is 9.51. The van der Waals surface area contributed by atoms with Crippen molar-refractivity contribution in [2.75, 3.05) is 5.32 Å². The van der Waals surface area contributed by atoms with E-state index in [0.717, 1.165) is 17.5 Å². The molecule has 4 aliphatic carbocycles. The van der Waals surface area contributed by atoms with Crippen LogP contribution in [0.2, 0.25) is 0 Å². The lowest BCUT2D eigenvalue weighted by molar-refractivity contribution is -0.132. The summed E-state index contributed by atoms with van der Waals surface area (Å²) in [4.78, 5) is 29.6. The summed E-state index contributed by atoms with van der Waals surface area (Å²) < 4.78 is 1.71. The van der Waals surface area contributed by atoms with Crippen molar-refractivity contribution < 1.29 is 9.59 Å². The molecule has 0 atom stereocenters. The SMILES string of the molecule is Cn1ccnc1C(=O)c1ccc(NC(=O)C2C3CC4CC(C3)CC2C4)cc1. The van der Waals surface area contributed by atoms with Crippen LogP contribution < -0.4 is 5.32 Å². The minimum atomic E-state index is -0.110. The molecule has 1 heterocycles. The Labute approximate surface area is 159 Å². The van der Waals surface area contributed by atoms with Crippen molar-refractivity contribution >= 4 is 17.4 Å². The molecular formula is C22H25N3O2. The molecule has 0 saturated heterocycles. The van der Waals surface area contributed by atoms with E-state index < -0.39 is 0 Å². The number of rotatable bonds is 4. The van der Waals surface area contributed by atoms with Crippen LogP contribution in [0.1, 0.15) is 48.3 Å². The summed E-state index contributed by atoms with van der Waals surface area (Å²) in [7, 11) is 1.81. The fraction of sp³-hybridized carbons (Fsp3) is 0.500. The van der Waals surface area contributed by atoms with Crippen molar-refractivity contribution in [2.45, 2.75) is 32.1 Å². The van der Waals surface area contributed by atoms with Crippen LogP contribution >= 0.6 is 0 Å². The molecule has 0 unspecified atom stereocenters. The van der Waals surface area contributed by atoms with Crippen LogP contribution in [0, 0.1) is 29.6 Å². The molecule has 1 N–H and O–H groups in total. The molecule has 0 aliphatic heterocycles. The number of hydrogen-bond acceptors (Lipinski definition) is 3. The Hall–Kier alpha value is -2.43. The summed E-state index contributed by atoms with van der Waals surface area (Å²) in [6.45, 7) is 0. The number of amides is 1. The molecule has 1 aromatic heterocycles. The summed E-state index contributed by atoms with van der Waals surface area (Å²) in [6, 6.07) is 7.18. The molecule has 1 aromatic carbocycles. The van der Waals surface area contributed by atoms with Gasteiger partial charge >= 0.3 is 0 Å². The van der Waals surface area contributed by atoms with Crippen molar-refractivity contribution in [3.8, 4) is 0 Å². The van der Waals surface area contributed by atoms with E-state index in [-0.39, 0.29) is 17.6 Å². The predicted octanol–water partition coefficient (Wildman–Crippen LogP) is 3.66. The fourth-order valence-electron chi connectivity index (χ4n) is 6.00. The number of aromatic nitrogens is 2. The highest BCUT2D eigenvalue weighted by atomic mass is 16.2. The molecule has 2 aromatic rings. The summed E-state index contributed by atoms with van der Waals surface area (Å²) in [5.41, 5.74) is 1.35. The Balaban J connectivity index is 1.28. The van der Waals surface area contributed by atoms with Crippen LogP contribution in [0.3, 0.4) is 0 Å². The van der Waals surface area contributed by atoms with E-state index in [1.165, 1.54) is 32.1 Å². The molecule has 0 spiro atoms. The zero-order valence-electron chi connectivity index (χ0n) is 15.6. The normalized spacial score (nSPS) is 31.1. The second kappa shape index (κ2) is 6.32. The number of carbonyl (C=O) groups excluding carboxylic acids is 2. The third-order valence-electron chi connectivity index (χ3n) is 6.97. The van der Waals surface area contributed by atoms with E-state index in [2.05, 4.69) is 10.3 Å². The van der Waals surface area contributed by atoms with Crippen LogP contribution in [0.5, 0.6) is 0 Å². The van der Waals surface area contributed by atoms with E-state index in [1.54, 1.807) is 36.1 Å². The lowest BCUT2D eigenvalue weighted by Gasteiger charge is -2.53. The van der Waals surface area contributed by atoms with Crippen LogP contribution in [-0.4, -0.2) is 21.2 Å². The first-order valence-corrected chi connectivity index (χ1v) is 10.0. The third-order valence-corrected chi connectivity index (χ3v) is 6.97. The van der Waals surface area contributed by atoms with Gasteiger partial charge < -0.3 is 9.88 Å². The predicted molar refractivity (Wildman–Crippen MR) is 102 cm³/mol. The van der Waals surface area contributed by atoms with Gasteiger partial charge in [-0.2, -0.15) is 0 Å². The molecule has 4 saturated carbocycles. The third kappa shape index (κ3) is 2.89. The van der Waals surface area contributed by atoms with E-state index in [0.29, 0.717) is 23.2 Å². The molecule has 4 fully saturated rings. The highest BCUT2D eigenvalue weighted by molar-refractivity contribution is 6.07.